The van der Waals surface area contributed by atoms with Gasteiger partial charge in [-0.05, 0) is 35.9 Å². The number of halogens is 1. The number of carbonyl (C=O) groups is 1. The van der Waals surface area contributed by atoms with E-state index in [1.165, 1.54) is 0 Å². The van der Waals surface area contributed by atoms with Crippen molar-refractivity contribution in [2.45, 2.75) is 0 Å². The largest absolute Gasteiger partial charge is 0.388 e. The zero-order valence-corrected chi connectivity index (χ0v) is 13.0. The van der Waals surface area contributed by atoms with Gasteiger partial charge in [0.05, 0.1) is 11.2 Å². The third-order valence-electron chi connectivity index (χ3n) is 3.47. The van der Waals surface area contributed by atoms with E-state index in [9.17, 15) is 4.79 Å². The molecule has 0 aliphatic rings. The number of benzene rings is 2. The van der Waals surface area contributed by atoms with Gasteiger partial charge in [0, 0.05) is 16.0 Å². The molecule has 3 aromatic rings. The summed E-state index contributed by atoms with van der Waals surface area (Å²) in [6.45, 7) is -0.486. The van der Waals surface area contributed by atoms with Crippen molar-refractivity contribution in [1.29, 1.82) is 0 Å². The Hall–Kier alpha value is -2.49. The van der Waals surface area contributed by atoms with Crippen LogP contribution in [0.3, 0.4) is 0 Å². The van der Waals surface area contributed by atoms with Crippen LogP contribution in [0.1, 0.15) is 21.6 Å². The molecule has 0 atom stereocenters. The second kappa shape index (κ2) is 6.73. The molecule has 0 bridgehead atoms. The molecule has 4 heteroatoms. The minimum absolute atomic E-state index is 0.293. The molecule has 0 aliphatic heterocycles. The molecule has 0 aliphatic carbocycles. The van der Waals surface area contributed by atoms with E-state index >= 15 is 0 Å². The maximum absolute atomic E-state index is 11.5. The van der Waals surface area contributed by atoms with E-state index in [2.05, 4.69) is 4.98 Å². The Morgan fingerprint density at radius 2 is 1.91 bits per heavy atom. The van der Waals surface area contributed by atoms with Gasteiger partial charge in [-0.15, -0.1) is 0 Å². The highest BCUT2D eigenvalue weighted by atomic mass is 35.5. The van der Waals surface area contributed by atoms with E-state index in [4.69, 9.17) is 16.7 Å². The summed E-state index contributed by atoms with van der Waals surface area (Å²) < 4.78 is 0. The second-order valence-electron chi connectivity index (χ2n) is 5.11. The summed E-state index contributed by atoms with van der Waals surface area (Å²) in [6, 6.07) is 16.6. The van der Waals surface area contributed by atoms with Crippen LogP contribution in [0.25, 0.3) is 23.1 Å². The highest BCUT2D eigenvalue weighted by Crippen LogP contribution is 2.19. The molecule has 0 spiro atoms. The lowest BCUT2D eigenvalue weighted by Gasteiger charge is -2.01. The molecule has 1 aromatic heterocycles. The van der Waals surface area contributed by atoms with Crippen LogP contribution in [0.2, 0.25) is 5.02 Å². The Balaban J connectivity index is 1.89. The van der Waals surface area contributed by atoms with Gasteiger partial charge >= 0.3 is 0 Å². The molecule has 0 unspecified atom stereocenters. The highest BCUT2D eigenvalue weighted by Gasteiger charge is 2.03. The van der Waals surface area contributed by atoms with Crippen molar-refractivity contribution in [3.8, 4) is 0 Å². The number of ketones is 1. The first-order valence-corrected chi connectivity index (χ1v) is 7.52. The number of nitrogens with zero attached hydrogens (tertiary/aromatic N) is 1. The normalized spacial score (nSPS) is 11.2. The van der Waals surface area contributed by atoms with Crippen LogP contribution in [-0.4, -0.2) is 22.5 Å². The number of fused-ring (bicyclic) bond motifs is 1. The molecule has 0 saturated heterocycles. The predicted molar refractivity (Wildman–Crippen MR) is 93.5 cm³/mol. The zero-order valence-electron chi connectivity index (χ0n) is 12.2. The van der Waals surface area contributed by atoms with Gasteiger partial charge in [0.15, 0.2) is 5.78 Å². The maximum Gasteiger partial charge on any atom is 0.188 e. The number of hydrogen-bond acceptors (Lipinski definition) is 3. The number of Topliss-reactive ketones (excluding diaryl/α,β-unsaturated/α-hetero) is 1. The number of hydrogen-bond donors (Lipinski definition) is 1. The van der Waals surface area contributed by atoms with E-state index in [0.717, 1.165) is 22.2 Å². The molecule has 0 amide bonds. The van der Waals surface area contributed by atoms with E-state index in [-0.39, 0.29) is 5.78 Å². The van der Waals surface area contributed by atoms with Crippen molar-refractivity contribution in [1.82, 2.24) is 4.98 Å². The van der Waals surface area contributed by atoms with Crippen LogP contribution >= 0.6 is 11.6 Å². The highest BCUT2D eigenvalue weighted by molar-refractivity contribution is 6.31. The Bertz CT molecular complexity index is 903. The van der Waals surface area contributed by atoms with E-state index in [1.54, 1.807) is 18.2 Å². The van der Waals surface area contributed by atoms with Crippen LogP contribution in [0.4, 0.5) is 0 Å². The van der Waals surface area contributed by atoms with Gasteiger partial charge in [0.25, 0.3) is 0 Å². The van der Waals surface area contributed by atoms with Crippen molar-refractivity contribution in [3.05, 3.63) is 76.4 Å². The van der Waals surface area contributed by atoms with Gasteiger partial charge in [0.2, 0.25) is 0 Å². The molecule has 0 radical (unpaired) electrons. The number of pyridine rings is 1. The Morgan fingerprint density at radius 3 is 2.74 bits per heavy atom. The van der Waals surface area contributed by atoms with Crippen molar-refractivity contribution in [2.24, 2.45) is 0 Å². The summed E-state index contributed by atoms with van der Waals surface area (Å²) in [5.41, 5.74) is 3.01. The third-order valence-corrected chi connectivity index (χ3v) is 3.71. The van der Waals surface area contributed by atoms with Gasteiger partial charge < -0.3 is 5.11 Å². The first-order valence-electron chi connectivity index (χ1n) is 7.14. The molecule has 3 nitrogen and oxygen atoms in total. The first kappa shape index (κ1) is 15.4. The topological polar surface area (TPSA) is 50.2 Å². The third kappa shape index (κ3) is 3.65. The van der Waals surface area contributed by atoms with Crippen LogP contribution in [0, 0.1) is 0 Å². The van der Waals surface area contributed by atoms with E-state index < -0.39 is 6.61 Å². The SMILES string of the molecule is O=C(CO)c1cccc(/C=C/c2ccc3ccc(Cl)cc3n2)c1. The number of aliphatic hydroxyl groups excluding tert-OH is 1. The molecule has 1 heterocycles. The number of rotatable bonds is 4. The summed E-state index contributed by atoms with van der Waals surface area (Å²) in [5, 5.41) is 10.6. The molecule has 23 heavy (non-hydrogen) atoms. The van der Waals surface area contributed by atoms with Crippen LogP contribution < -0.4 is 0 Å². The van der Waals surface area contributed by atoms with Crippen molar-refractivity contribution in [2.75, 3.05) is 6.61 Å². The Morgan fingerprint density at radius 1 is 1.09 bits per heavy atom. The molecule has 2 aromatic carbocycles. The second-order valence-corrected chi connectivity index (χ2v) is 5.55. The molecular weight excluding hydrogens is 310 g/mol. The first-order chi connectivity index (χ1) is 11.2. The average Bonchev–Trinajstić information content (AvgIpc) is 2.59. The summed E-state index contributed by atoms with van der Waals surface area (Å²) in [6.07, 6.45) is 3.76. The summed E-state index contributed by atoms with van der Waals surface area (Å²) >= 11 is 5.99. The average molecular weight is 324 g/mol. The molecule has 0 fully saturated rings. The lowest BCUT2D eigenvalue weighted by Crippen LogP contribution is -2.03. The number of aliphatic hydroxyl groups is 1. The van der Waals surface area contributed by atoms with Crippen LogP contribution in [0.15, 0.2) is 54.6 Å². The molecular formula is C19H14ClNO2. The monoisotopic (exact) mass is 323 g/mol. The van der Waals surface area contributed by atoms with Gasteiger partial charge in [-0.1, -0.05) is 48.0 Å². The summed E-state index contributed by atoms with van der Waals surface area (Å²) in [5.74, 6) is -0.293. The lowest BCUT2D eigenvalue weighted by atomic mass is 10.1. The van der Waals surface area contributed by atoms with Gasteiger partial charge in [-0.3, -0.25) is 4.79 Å². The zero-order chi connectivity index (χ0) is 16.2. The molecule has 0 saturated carbocycles. The fourth-order valence-corrected chi connectivity index (χ4v) is 2.45. The van der Waals surface area contributed by atoms with Crippen molar-refractivity contribution < 1.29 is 9.90 Å². The van der Waals surface area contributed by atoms with Crippen molar-refractivity contribution in [3.63, 3.8) is 0 Å². The standard InChI is InChI=1S/C19H14ClNO2/c20-16-7-5-14-6-9-17(21-18(14)11-16)8-4-13-2-1-3-15(10-13)19(23)12-22/h1-11,22H,12H2/b8-4+. The van der Waals surface area contributed by atoms with Gasteiger partial charge in [-0.2, -0.15) is 0 Å². The van der Waals surface area contributed by atoms with Crippen molar-refractivity contribution >= 4 is 40.4 Å². The minimum Gasteiger partial charge on any atom is -0.388 e. The molecule has 114 valence electrons. The van der Waals surface area contributed by atoms with E-state index in [1.807, 2.05) is 48.6 Å². The van der Waals surface area contributed by atoms with Crippen LogP contribution in [0.5, 0.6) is 0 Å². The summed E-state index contributed by atoms with van der Waals surface area (Å²) in [7, 11) is 0. The maximum atomic E-state index is 11.5. The van der Waals surface area contributed by atoms with Gasteiger partial charge in [-0.25, -0.2) is 4.98 Å². The predicted octanol–water partition coefficient (Wildman–Crippen LogP) is 4.23. The fraction of sp³-hybridized carbons (Fsp3) is 0.0526. The minimum atomic E-state index is -0.486. The number of carbonyl (C=O) groups excluding carboxylic acids is 1. The summed E-state index contributed by atoms with van der Waals surface area (Å²) in [4.78, 5) is 16.1. The Kier molecular flexibility index (Phi) is 4.51. The fourth-order valence-electron chi connectivity index (χ4n) is 2.29. The van der Waals surface area contributed by atoms with Gasteiger partial charge in [0.1, 0.15) is 6.61 Å². The number of aromatic nitrogens is 1. The van der Waals surface area contributed by atoms with Crippen LogP contribution in [-0.2, 0) is 0 Å². The molecule has 1 N–H and O–H groups in total. The Labute approximate surface area is 138 Å². The van der Waals surface area contributed by atoms with E-state index in [0.29, 0.717) is 10.6 Å². The quantitative estimate of drug-likeness (QED) is 0.731. The molecule has 3 rings (SSSR count). The smallest absolute Gasteiger partial charge is 0.188 e. The lowest BCUT2D eigenvalue weighted by molar-refractivity contribution is 0.0903.